The van der Waals surface area contributed by atoms with Crippen molar-refractivity contribution in [3.05, 3.63) is 60.2 Å². The van der Waals surface area contributed by atoms with Gasteiger partial charge in [-0.15, -0.1) is 0 Å². The maximum atomic E-state index is 10.7. The Bertz CT molecular complexity index is 695. The first kappa shape index (κ1) is 20.1. The number of rotatable bonds is 7. The zero-order chi connectivity index (χ0) is 19.2. The Hall–Kier alpha value is -1.61. The van der Waals surface area contributed by atoms with Gasteiger partial charge in [-0.2, -0.15) is 0 Å². The van der Waals surface area contributed by atoms with E-state index in [-0.39, 0.29) is 13.2 Å². The van der Waals surface area contributed by atoms with Crippen LogP contribution in [0.1, 0.15) is 5.56 Å². The normalized spacial score (nSPS) is 28.1. The third-order valence-electron chi connectivity index (χ3n) is 4.42. The number of aliphatic hydroxyl groups is 3. The maximum absolute atomic E-state index is 10.7. The lowest BCUT2D eigenvalue weighted by Crippen LogP contribution is -2.58. The van der Waals surface area contributed by atoms with Gasteiger partial charge in [-0.1, -0.05) is 42.1 Å². The second-order valence-electron chi connectivity index (χ2n) is 6.26. The molecule has 1 heterocycles. The summed E-state index contributed by atoms with van der Waals surface area (Å²) in [7, 11) is 1.60. The molecule has 1 aliphatic rings. The van der Waals surface area contributed by atoms with E-state index in [2.05, 4.69) is 0 Å². The SMILES string of the molecule is COc1ccc(CO[C@@H]2C(O)[C@H](Sc3ccccc3)OC(CO)[C@@H]2O)cc1. The number of aliphatic hydroxyl groups excluding tert-OH is 3. The maximum Gasteiger partial charge on any atom is 0.136 e. The van der Waals surface area contributed by atoms with Crippen molar-refractivity contribution in [2.75, 3.05) is 13.7 Å². The topological polar surface area (TPSA) is 88.4 Å². The minimum absolute atomic E-state index is 0.212. The van der Waals surface area contributed by atoms with Crippen LogP contribution in [0, 0.1) is 0 Å². The highest BCUT2D eigenvalue weighted by Gasteiger charge is 2.45. The van der Waals surface area contributed by atoms with Crippen molar-refractivity contribution in [2.45, 2.75) is 41.4 Å². The Labute approximate surface area is 162 Å². The van der Waals surface area contributed by atoms with E-state index in [0.29, 0.717) is 0 Å². The molecule has 0 spiro atoms. The summed E-state index contributed by atoms with van der Waals surface area (Å²) in [4.78, 5) is 0.920. The molecule has 3 rings (SSSR count). The number of hydrogen-bond donors (Lipinski definition) is 3. The predicted octanol–water partition coefficient (Wildman–Crippen LogP) is 1.81. The monoisotopic (exact) mass is 392 g/mol. The van der Waals surface area contributed by atoms with Crippen molar-refractivity contribution in [3.63, 3.8) is 0 Å². The molecule has 2 aromatic carbocycles. The lowest BCUT2D eigenvalue weighted by molar-refractivity contribution is -0.223. The molecule has 7 heteroatoms. The van der Waals surface area contributed by atoms with Crippen molar-refractivity contribution in [2.24, 2.45) is 0 Å². The van der Waals surface area contributed by atoms with E-state index in [4.69, 9.17) is 14.2 Å². The molecule has 2 unspecified atom stereocenters. The zero-order valence-corrected chi connectivity index (χ0v) is 15.8. The van der Waals surface area contributed by atoms with Crippen LogP contribution in [0.5, 0.6) is 5.75 Å². The van der Waals surface area contributed by atoms with Gasteiger partial charge in [0.1, 0.15) is 35.6 Å². The molecule has 1 fully saturated rings. The third-order valence-corrected chi connectivity index (χ3v) is 5.59. The first-order chi connectivity index (χ1) is 13.1. The van der Waals surface area contributed by atoms with E-state index in [9.17, 15) is 15.3 Å². The van der Waals surface area contributed by atoms with Crippen molar-refractivity contribution >= 4 is 11.8 Å². The molecule has 2 aromatic rings. The van der Waals surface area contributed by atoms with Crippen molar-refractivity contribution in [3.8, 4) is 5.75 Å². The highest BCUT2D eigenvalue weighted by atomic mass is 32.2. The van der Waals surface area contributed by atoms with Gasteiger partial charge in [-0.3, -0.25) is 0 Å². The van der Waals surface area contributed by atoms with E-state index in [1.54, 1.807) is 7.11 Å². The molecule has 146 valence electrons. The van der Waals surface area contributed by atoms with Gasteiger partial charge in [-0.05, 0) is 29.8 Å². The lowest BCUT2D eigenvalue weighted by Gasteiger charge is -2.41. The highest BCUT2D eigenvalue weighted by molar-refractivity contribution is 7.99. The summed E-state index contributed by atoms with van der Waals surface area (Å²) in [5.41, 5.74) is 0.225. The van der Waals surface area contributed by atoms with Crippen LogP contribution in [-0.2, 0) is 16.1 Å². The molecule has 0 amide bonds. The fraction of sp³-hybridized carbons (Fsp3) is 0.400. The fourth-order valence-electron chi connectivity index (χ4n) is 2.89. The molecular formula is C20H24O6S. The van der Waals surface area contributed by atoms with Gasteiger partial charge < -0.3 is 29.5 Å². The van der Waals surface area contributed by atoms with Gasteiger partial charge in [0, 0.05) is 4.90 Å². The first-order valence-corrected chi connectivity index (χ1v) is 9.59. The van der Waals surface area contributed by atoms with Gasteiger partial charge in [0.25, 0.3) is 0 Å². The largest absolute Gasteiger partial charge is 0.497 e. The second kappa shape index (κ2) is 9.54. The van der Waals surface area contributed by atoms with E-state index in [1.165, 1.54) is 11.8 Å². The lowest BCUT2D eigenvalue weighted by atomic mass is 10.00. The minimum Gasteiger partial charge on any atom is -0.497 e. The first-order valence-electron chi connectivity index (χ1n) is 8.71. The number of methoxy groups -OCH3 is 1. The molecule has 0 radical (unpaired) electrons. The number of ether oxygens (including phenoxy) is 3. The van der Waals surface area contributed by atoms with Crippen LogP contribution >= 0.6 is 11.8 Å². The molecular weight excluding hydrogens is 368 g/mol. The van der Waals surface area contributed by atoms with E-state index < -0.39 is 29.9 Å². The Balaban J connectivity index is 1.68. The van der Waals surface area contributed by atoms with Crippen LogP contribution < -0.4 is 4.74 Å². The van der Waals surface area contributed by atoms with Crippen LogP contribution in [0.3, 0.4) is 0 Å². The Morgan fingerprint density at radius 1 is 1.00 bits per heavy atom. The van der Waals surface area contributed by atoms with Crippen molar-refractivity contribution in [1.82, 2.24) is 0 Å². The molecule has 27 heavy (non-hydrogen) atoms. The Morgan fingerprint density at radius 3 is 2.33 bits per heavy atom. The van der Waals surface area contributed by atoms with E-state index in [1.807, 2.05) is 54.6 Å². The summed E-state index contributed by atoms with van der Waals surface area (Å²) < 4.78 is 16.6. The summed E-state index contributed by atoms with van der Waals surface area (Å²) >= 11 is 1.33. The van der Waals surface area contributed by atoms with Gasteiger partial charge in [0.2, 0.25) is 0 Å². The van der Waals surface area contributed by atoms with Gasteiger partial charge in [0.15, 0.2) is 0 Å². The summed E-state index contributed by atoms with van der Waals surface area (Å²) in [6.45, 7) is -0.147. The molecule has 0 aliphatic carbocycles. The van der Waals surface area contributed by atoms with Crippen LogP contribution in [0.25, 0.3) is 0 Å². The van der Waals surface area contributed by atoms with Gasteiger partial charge in [0.05, 0.1) is 20.3 Å². The number of benzene rings is 2. The third kappa shape index (κ3) is 5.01. The smallest absolute Gasteiger partial charge is 0.136 e. The molecule has 1 saturated heterocycles. The summed E-state index contributed by atoms with van der Waals surface area (Å²) in [5, 5.41) is 30.7. The second-order valence-corrected chi connectivity index (χ2v) is 7.43. The Kier molecular flexibility index (Phi) is 7.12. The highest BCUT2D eigenvalue weighted by Crippen LogP contribution is 2.34. The van der Waals surface area contributed by atoms with Crippen molar-refractivity contribution < 1.29 is 29.5 Å². The number of thioether (sulfide) groups is 1. The van der Waals surface area contributed by atoms with Gasteiger partial charge in [-0.25, -0.2) is 0 Å². The van der Waals surface area contributed by atoms with E-state index >= 15 is 0 Å². The average Bonchev–Trinajstić information content (AvgIpc) is 2.71. The summed E-state index contributed by atoms with van der Waals surface area (Å²) in [5.74, 6) is 0.740. The molecule has 6 nitrogen and oxygen atoms in total. The van der Waals surface area contributed by atoms with Gasteiger partial charge >= 0.3 is 0 Å². The molecule has 5 atom stereocenters. The predicted molar refractivity (Wildman–Crippen MR) is 102 cm³/mol. The molecule has 3 N–H and O–H groups in total. The van der Waals surface area contributed by atoms with E-state index in [0.717, 1.165) is 16.2 Å². The Morgan fingerprint density at radius 2 is 1.70 bits per heavy atom. The average molecular weight is 392 g/mol. The molecule has 1 aliphatic heterocycles. The van der Waals surface area contributed by atoms with Crippen molar-refractivity contribution in [1.29, 1.82) is 0 Å². The summed E-state index contributed by atoms with van der Waals surface area (Å²) in [6.07, 6.45) is -3.88. The fourth-order valence-corrected chi connectivity index (χ4v) is 3.97. The molecule has 0 bridgehead atoms. The number of hydrogen-bond acceptors (Lipinski definition) is 7. The van der Waals surface area contributed by atoms with Crippen LogP contribution in [-0.4, -0.2) is 58.9 Å². The quantitative estimate of drug-likeness (QED) is 0.662. The molecule has 0 aromatic heterocycles. The van der Waals surface area contributed by atoms with Crippen LogP contribution in [0.2, 0.25) is 0 Å². The minimum atomic E-state index is -1.13. The van der Waals surface area contributed by atoms with Crippen LogP contribution in [0.4, 0.5) is 0 Å². The van der Waals surface area contributed by atoms with Crippen LogP contribution in [0.15, 0.2) is 59.5 Å². The summed E-state index contributed by atoms with van der Waals surface area (Å²) in [6, 6.07) is 16.9. The molecule has 0 saturated carbocycles. The standard InChI is InChI=1S/C20H24O6S/c1-24-14-9-7-13(8-10-14)12-25-19-17(22)16(11-21)26-20(18(19)23)27-15-5-3-2-4-6-15/h2-10,16-23H,11-12H2,1H3/t16?,17-,18?,19-,20-/m0/s1. The zero-order valence-electron chi connectivity index (χ0n) is 15.0.